The molecule has 0 bridgehead atoms. The molecular weight excluding hydrogens is 261 g/mol. The van der Waals surface area contributed by atoms with Gasteiger partial charge in [0.15, 0.2) is 0 Å². The van der Waals surface area contributed by atoms with E-state index in [1.165, 1.54) is 0 Å². The SMILES string of the molecule is NCc1coc(COc2cc(Cl)cc(Cl)c2)c1. The van der Waals surface area contributed by atoms with Crippen LogP contribution in [0.3, 0.4) is 0 Å². The maximum atomic E-state index is 5.85. The van der Waals surface area contributed by atoms with Crippen LogP contribution in [0.25, 0.3) is 0 Å². The molecule has 0 fully saturated rings. The van der Waals surface area contributed by atoms with Crippen molar-refractivity contribution in [2.45, 2.75) is 13.2 Å². The zero-order chi connectivity index (χ0) is 12.3. The average Bonchev–Trinajstić information content (AvgIpc) is 2.73. The van der Waals surface area contributed by atoms with Crippen LogP contribution in [0, 0.1) is 0 Å². The van der Waals surface area contributed by atoms with E-state index in [1.807, 2.05) is 6.07 Å². The van der Waals surface area contributed by atoms with Crippen LogP contribution in [0.4, 0.5) is 0 Å². The van der Waals surface area contributed by atoms with Gasteiger partial charge in [0.25, 0.3) is 0 Å². The summed E-state index contributed by atoms with van der Waals surface area (Å²) in [5, 5.41) is 1.07. The van der Waals surface area contributed by atoms with Crippen LogP contribution in [0.5, 0.6) is 5.75 Å². The highest BCUT2D eigenvalue weighted by molar-refractivity contribution is 6.34. The second-order valence-corrected chi connectivity index (χ2v) is 4.39. The van der Waals surface area contributed by atoms with Crippen molar-refractivity contribution in [2.75, 3.05) is 0 Å². The first-order valence-corrected chi connectivity index (χ1v) is 5.78. The summed E-state index contributed by atoms with van der Waals surface area (Å²) < 4.78 is 10.8. The summed E-state index contributed by atoms with van der Waals surface area (Å²) in [6, 6.07) is 6.89. The van der Waals surface area contributed by atoms with Gasteiger partial charge >= 0.3 is 0 Å². The van der Waals surface area contributed by atoms with Crippen molar-refractivity contribution >= 4 is 23.2 Å². The Bertz CT molecular complexity index is 491. The maximum Gasteiger partial charge on any atom is 0.146 e. The minimum absolute atomic E-state index is 0.316. The van der Waals surface area contributed by atoms with Crippen molar-refractivity contribution in [2.24, 2.45) is 5.73 Å². The first-order chi connectivity index (χ1) is 8.17. The molecule has 1 aromatic heterocycles. The van der Waals surface area contributed by atoms with Gasteiger partial charge in [-0.25, -0.2) is 0 Å². The van der Waals surface area contributed by atoms with E-state index < -0.39 is 0 Å². The van der Waals surface area contributed by atoms with Crippen LogP contribution in [0.15, 0.2) is 34.9 Å². The van der Waals surface area contributed by atoms with Gasteiger partial charge < -0.3 is 14.9 Å². The van der Waals surface area contributed by atoms with Crippen molar-refractivity contribution < 1.29 is 9.15 Å². The largest absolute Gasteiger partial charge is 0.486 e. The van der Waals surface area contributed by atoms with Gasteiger partial charge in [-0.05, 0) is 24.3 Å². The Labute approximate surface area is 109 Å². The molecule has 0 saturated carbocycles. The summed E-state index contributed by atoms with van der Waals surface area (Å²) >= 11 is 11.7. The van der Waals surface area contributed by atoms with Gasteiger partial charge in [0.2, 0.25) is 0 Å². The van der Waals surface area contributed by atoms with Crippen molar-refractivity contribution in [1.82, 2.24) is 0 Å². The number of hydrogen-bond donors (Lipinski definition) is 1. The molecule has 5 heteroatoms. The number of benzene rings is 1. The van der Waals surface area contributed by atoms with Crippen molar-refractivity contribution in [3.63, 3.8) is 0 Å². The third-order valence-electron chi connectivity index (χ3n) is 2.16. The van der Waals surface area contributed by atoms with E-state index in [-0.39, 0.29) is 0 Å². The molecule has 0 amide bonds. The van der Waals surface area contributed by atoms with Gasteiger partial charge in [0.05, 0.1) is 6.26 Å². The fourth-order valence-electron chi connectivity index (χ4n) is 1.38. The predicted molar refractivity (Wildman–Crippen MR) is 67.4 cm³/mol. The third-order valence-corrected chi connectivity index (χ3v) is 2.60. The Hall–Kier alpha value is -1.16. The van der Waals surface area contributed by atoms with E-state index in [9.17, 15) is 0 Å². The second kappa shape index (κ2) is 5.45. The van der Waals surface area contributed by atoms with Crippen LogP contribution in [-0.4, -0.2) is 0 Å². The summed E-state index contributed by atoms with van der Waals surface area (Å²) in [6.07, 6.45) is 1.61. The number of nitrogens with two attached hydrogens (primary N) is 1. The first-order valence-electron chi connectivity index (χ1n) is 5.02. The van der Waals surface area contributed by atoms with Gasteiger partial charge in [-0.15, -0.1) is 0 Å². The van der Waals surface area contributed by atoms with Crippen LogP contribution in [-0.2, 0) is 13.2 Å². The molecule has 90 valence electrons. The van der Waals surface area contributed by atoms with E-state index in [1.54, 1.807) is 24.5 Å². The standard InChI is InChI=1S/C12H11Cl2NO2/c13-9-2-10(14)4-11(3-9)17-7-12-1-8(5-15)6-16-12/h1-4,6H,5,7,15H2. The Morgan fingerprint density at radius 1 is 1.12 bits per heavy atom. The molecular formula is C12H11Cl2NO2. The van der Waals surface area contributed by atoms with E-state index in [4.69, 9.17) is 38.1 Å². The topological polar surface area (TPSA) is 48.4 Å². The Morgan fingerprint density at radius 2 is 1.82 bits per heavy atom. The molecule has 0 radical (unpaired) electrons. The average molecular weight is 272 g/mol. The molecule has 0 atom stereocenters. The summed E-state index contributed by atoms with van der Waals surface area (Å²) in [5.74, 6) is 1.31. The van der Waals surface area contributed by atoms with Gasteiger partial charge in [-0.3, -0.25) is 0 Å². The molecule has 2 N–H and O–H groups in total. The lowest BCUT2D eigenvalue weighted by Gasteiger charge is -2.05. The molecule has 2 aromatic rings. The third kappa shape index (κ3) is 3.40. The highest BCUT2D eigenvalue weighted by Crippen LogP contribution is 2.25. The minimum atomic E-state index is 0.316. The van der Waals surface area contributed by atoms with Crippen molar-refractivity contribution in [3.8, 4) is 5.75 Å². The van der Waals surface area contributed by atoms with Crippen molar-refractivity contribution in [1.29, 1.82) is 0 Å². The van der Waals surface area contributed by atoms with Crippen molar-refractivity contribution in [3.05, 3.63) is 51.9 Å². The smallest absolute Gasteiger partial charge is 0.146 e. The van der Waals surface area contributed by atoms with Gasteiger partial charge in [-0.2, -0.15) is 0 Å². The fourth-order valence-corrected chi connectivity index (χ4v) is 1.88. The van der Waals surface area contributed by atoms with E-state index in [0.29, 0.717) is 34.7 Å². The molecule has 0 unspecified atom stereocenters. The molecule has 0 saturated heterocycles. The van der Waals surface area contributed by atoms with Crippen LogP contribution >= 0.6 is 23.2 Å². The lowest BCUT2D eigenvalue weighted by molar-refractivity contribution is 0.270. The van der Waals surface area contributed by atoms with Gasteiger partial charge in [0, 0.05) is 22.2 Å². The van der Waals surface area contributed by atoms with Crippen LogP contribution in [0.2, 0.25) is 10.0 Å². The highest BCUT2D eigenvalue weighted by atomic mass is 35.5. The lowest BCUT2D eigenvalue weighted by Crippen LogP contribution is -1.95. The predicted octanol–water partition coefficient (Wildman–Crippen LogP) is 3.62. The molecule has 0 spiro atoms. The molecule has 2 rings (SSSR count). The zero-order valence-corrected chi connectivity index (χ0v) is 10.5. The number of halogens is 2. The number of rotatable bonds is 4. The Morgan fingerprint density at radius 3 is 2.41 bits per heavy atom. The number of hydrogen-bond acceptors (Lipinski definition) is 3. The Balaban J connectivity index is 2.01. The Kier molecular flexibility index (Phi) is 3.94. The van der Waals surface area contributed by atoms with Gasteiger partial charge in [0.1, 0.15) is 18.1 Å². The molecule has 0 aliphatic carbocycles. The molecule has 1 aromatic carbocycles. The van der Waals surface area contributed by atoms with E-state index in [2.05, 4.69) is 0 Å². The monoisotopic (exact) mass is 271 g/mol. The van der Waals surface area contributed by atoms with E-state index in [0.717, 1.165) is 5.56 Å². The molecule has 0 aliphatic heterocycles. The number of furan rings is 1. The zero-order valence-electron chi connectivity index (χ0n) is 8.95. The quantitative estimate of drug-likeness (QED) is 0.924. The fraction of sp³-hybridized carbons (Fsp3) is 0.167. The second-order valence-electron chi connectivity index (χ2n) is 3.52. The summed E-state index contributed by atoms with van der Waals surface area (Å²) in [6.45, 7) is 0.767. The van der Waals surface area contributed by atoms with E-state index >= 15 is 0 Å². The first kappa shape index (κ1) is 12.3. The summed E-state index contributed by atoms with van der Waals surface area (Å²) in [7, 11) is 0. The summed E-state index contributed by atoms with van der Waals surface area (Å²) in [5.41, 5.74) is 6.41. The summed E-state index contributed by atoms with van der Waals surface area (Å²) in [4.78, 5) is 0. The highest BCUT2D eigenvalue weighted by Gasteiger charge is 2.03. The van der Waals surface area contributed by atoms with Crippen LogP contribution < -0.4 is 10.5 Å². The maximum absolute atomic E-state index is 5.85. The molecule has 1 heterocycles. The normalized spacial score (nSPS) is 10.5. The minimum Gasteiger partial charge on any atom is -0.486 e. The van der Waals surface area contributed by atoms with Gasteiger partial charge in [-0.1, -0.05) is 23.2 Å². The molecule has 0 aliphatic rings. The van der Waals surface area contributed by atoms with Crippen LogP contribution in [0.1, 0.15) is 11.3 Å². The number of ether oxygens (including phenoxy) is 1. The molecule has 17 heavy (non-hydrogen) atoms. The lowest BCUT2D eigenvalue weighted by atomic mass is 10.3. The molecule has 3 nitrogen and oxygen atoms in total.